The highest BCUT2D eigenvalue weighted by molar-refractivity contribution is 5.89. The second-order valence-corrected chi connectivity index (χ2v) is 4.95. The van der Waals surface area contributed by atoms with E-state index in [1.807, 2.05) is 50.2 Å². The Bertz CT molecular complexity index is 639. The Morgan fingerprint density at radius 1 is 1.25 bits per heavy atom. The molecule has 106 valence electrons. The van der Waals surface area contributed by atoms with Gasteiger partial charge in [0.15, 0.2) is 0 Å². The largest absolute Gasteiger partial charge is 0.497 e. The Hall–Kier alpha value is -2.07. The highest BCUT2D eigenvalue weighted by Crippen LogP contribution is 2.27. The van der Waals surface area contributed by atoms with Gasteiger partial charge >= 0.3 is 0 Å². The number of rotatable bonds is 5. The third-order valence-corrected chi connectivity index (χ3v) is 3.65. The Labute approximate surface area is 118 Å². The number of fused-ring (bicyclic) bond motifs is 1. The molecule has 0 aliphatic rings. The van der Waals surface area contributed by atoms with Crippen LogP contribution in [0.5, 0.6) is 5.75 Å². The topological polar surface area (TPSA) is 64.3 Å². The van der Waals surface area contributed by atoms with Gasteiger partial charge in [-0.1, -0.05) is 25.1 Å². The van der Waals surface area contributed by atoms with Crippen molar-refractivity contribution in [1.29, 1.82) is 0 Å². The fourth-order valence-electron chi connectivity index (χ4n) is 2.35. The monoisotopic (exact) mass is 272 g/mol. The molecule has 0 aliphatic heterocycles. The third-order valence-electron chi connectivity index (χ3n) is 3.65. The van der Waals surface area contributed by atoms with Crippen LogP contribution in [0, 0.1) is 0 Å². The number of likely N-dealkylation sites (N-methyl/N-ethyl adjacent to an activating group) is 1. The van der Waals surface area contributed by atoms with Crippen molar-refractivity contribution in [2.24, 2.45) is 5.73 Å². The number of methoxy groups -OCH3 is 1. The van der Waals surface area contributed by atoms with Crippen molar-refractivity contribution >= 4 is 16.7 Å². The number of carbonyl (C=O) groups is 1. The standard InChI is InChI=1S/C16H20N2O2/c1-4-18-16(2,15(17)19)13-7-5-12-10-14(20-3)8-6-11(12)9-13/h5-10,18H,4H2,1-3H3,(H2,17,19). The first-order chi connectivity index (χ1) is 9.51. The molecule has 0 fully saturated rings. The van der Waals surface area contributed by atoms with E-state index >= 15 is 0 Å². The fraction of sp³-hybridized carbons (Fsp3) is 0.312. The third kappa shape index (κ3) is 2.47. The molecule has 1 amide bonds. The SMILES string of the molecule is CCNC(C)(C(N)=O)c1ccc2cc(OC)ccc2c1. The number of benzene rings is 2. The second kappa shape index (κ2) is 5.51. The summed E-state index contributed by atoms with van der Waals surface area (Å²) in [6.07, 6.45) is 0. The molecule has 2 aromatic carbocycles. The first-order valence-corrected chi connectivity index (χ1v) is 6.64. The van der Waals surface area contributed by atoms with Crippen molar-refractivity contribution in [3.63, 3.8) is 0 Å². The van der Waals surface area contributed by atoms with Crippen LogP contribution in [0.4, 0.5) is 0 Å². The minimum Gasteiger partial charge on any atom is -0.497 e. The minimum atomic E-state index is -0.858. The van der Waals surface area contributed by atoms with Gasteiger partial charge in [-0.05, 0) is 48.0 Å². The molecular formula is C16H20N2O2. The van der Waals surface area contributed by atoms with Crippen LogP contribution >= 0.6 is 0 Å². The maximum atomic E-state index is 11.8. The lowest BCUT2D eigenvalue weighted by molar-refractivity contribution is -0.124. The predicted molar refractivity (Wildman–Crippen MR) is 80.7 cm³/mol. The summed E-state index contributed by atoms with van der Waals surface area (Å²) in [5.41, 5.74) is 5.56. The average Bonchev–Trinajstić information content (AvgIpc) is 2.46. The van der Waals surface area contributed by atoms with E-state index in [1.54, 1.807) is 7.11 Å². The summed E-state index contributed by atoms with van der Waals surface area (Å²) in [4.78, 5) is 11.8. The van der Waals surface area contributed by atoms with E-state index in [0.717, 1.165) is 22.1 Å². The smallest absolute Gasteiger partial charge is 0.242 e. The summed E-state index contributed by atoms with van der Waals surface area (Å²) < 4.78 is 5.21. The Kier molecular flexibility index (Phi) is 3.95. The molecule has 0 saturated carbocycles. The average molecular weight is 272 g/mol. The summed E-state index contributed by atoms with van der Waals surface area (Å²) in [7, 11) is 1.64. The molecule has 0 heterocycles. The Morgan fingerprint density at radius 3 is 2.50 bits per heavy atom. The van der Waals surface area contributed by atoms with Crippen molar-refractivity contribution in [2.75, 3.05) is 13.7 Å². The summed E-state index contributed by atoms with van der Waals surface area (Å²) in [5, 5.41) is 5.28. The van der Waals surface area contributed by atoms with Gasteiger partial charge in [0.1, 0.15) is 11.3 Å². The van der Waals surface area contributed by atoms with Gasteiger partial charge in [-0.15, -0.1) is 0 Å². The lowest BCUT2D eigenvalue weighted by Crippen LogP contribution is -2.50. The summed E-state index contributed by atoms with van der Waals surface area (Å²) >= 11 is 0. The molecule has 2 aromatic rings. The van der Waals surface area contributed by atoms with E-state index in [-0.39, 0.29) is 5.91 Å². The van der Waals surface area contributed by atoms with Gasteiger partial charge in [0, 0.05) is 0 Å². The van der Waals surface area contributed by atoms with Crippen LogP contribution in [0.1, 0.15) is 19.4 Å². The Morgan fingerprint density at radius 2 is 1.90 bits per heavy atom. The van der Waals surface area contributed by atoms with Crippen molar-refractivity contribution < 1.29 is 9.53 Å². The van der Waals surface area contributed by atoms with Gasteiger partial charge in [-0.3, -0.25) is 4.79 Å². The van der Waals surface area contributed by atoms with Crippen molar-refractivity contribution in [1.82, 2.24) is 5.32 Å². The van der Waals surface area contributed by atoms with Gasteiger partial charge in [0.25, 0.3) is 0 Å². The summed E-state index contributed by atoms with van der Waals surface area (Å²) in [6, 6.07) is 11.7. The molecule has 1 unspecified atom stereocenters. The van der Waals surface area contributed by atoms with E-state index in [4.69, 9.17) is 10.5 Å². The molecular weight excluding hydrogens is 252 g/mol. The van der Waals surface area contributed by atoms with Gasteiger partial charge < -0.3 is 15.8 Å². The first kappa shape index (κ1) is 14.3. The molecule has 0 aromatic heterocycles. The van der Waals surface area contributed by atoms with Crippen LogP contribution in [-0.4, -0.2) is 19.6 Å². The zero-order valence-electron chi connectivity index (χ0n) is 12.1. The highest BCUT2D eigenvalue weighted by atomic mass is 16.5. The molecule has 2 rings (SSSR count). The first-order valence-electron chi connectivity index (χ1n) is 6.64. The van der Waals surface area contributed by atoms with Crippen molar-refractivity contribution in [3.05, 3.63) is 42.0 Å². The van der Waals surface area contributed by atoms with Gasteiger partial charge in [-0.25, -0.2) is 0 Å². The van der Waals surface area contributed by atoms with Crippen LogP contribution in [0.15, 0.2) is 36.4 Å². The van der Waals surface area contributed by atoms with E-state index < -0.39 is 5.54 Å². The van der Waals surface area contributed by atoms with Crippen LogP contribution < -0.4 is 15.8 Å². The number of amides is 1. The molecule has 0 bridgehead atoms. The molecule has 1 atom stereocenters. The number of nitrogens with one attached hydrogen (secondary N) is 1. The van der Waals surface area contributed by atoms with E-state index in [2.05, 4.69) is 5.32 Å². The second-order valence-electron chi connectivity index (χ2n) is 4.95. The molecule has 4 nitrogen and oxygen atoms in total. The maximum Gasteiger partial charge on any atom is 0.242 e. The Balaban J connectivity index is 2.52. The van der Waals surface area contributed by atoms with Gasteiger partial charge in [0.05, 0.1) is 7.11 Å². The van der Waals surface area contributed by atoms with E-state index in [9.17, 15) is 4.79 Å². The number of hydrogen-bond donors (Lipinski definition) is 2. The predicted octanol–water partition coefficient (Wildman–Crippen LogP) is 2.16. The van der Waals surface area contributed by atoms with Crippen molar-refractivity contribution in [2.45, 2.75) is 19.4 Å². The fourth-order valence-corrected chi connectivity index (χ4v) is 2.35. The van der Waals surface area contributed by atoms with E-state index in [0.29, 0.717) is 6.54 Å². The quantitative estimate of drug-likeness (QED) is 0.876. The molecule has 0 saturated heterocycles. The lowest BCUT2D eigenvalue weighted by atomic mass is 9.89. The molecule has 20 heavy (non-hydrogen) atoms. The number of ether oxygens (including phenoxy) is 1. The van der Waals surface area contributed by atoms with Crippen LogP contribution in [0.3, 0.4) is 0 Å². The number of carbonyl (C=O) groups excluding carboxylic acids is 1. The van der Waals surface area contributed by atoms with Crippen LogP contribution in [-0.2, 0) is 10.3 Å². The van der Waals surface area contributed by atoms with Crippen molar-refractivity contribution in [3.8, 4) is 5.75 Å². The van der Waals surface area contributed by atoms with Gasteiger partial charge in [0.2, 0.25) is 5.91 Å². The molecule has 0 radical (unpaired) electrons. The highest BCUT2D eigenvalue weighted by Gasteiger charge is 2.32. The molecule has 0 aliphatic carbocycles. The molecule has 3 N–H and O–H groups in total. The molecule has 4 heteroatoms. The molecule has 0 spiro atoms. The zero-order chi connectivity index (χ0) is 14.8. The van der Waals surface area contributed by atoms with Gasteiger partial charge in [-0.2, -0.15) is 0 Å². The zero-order valence-corrected chi connectivity index (χ0v) is 12.1. The number of primary amides is 1. The summed E-state index contributed by atoms with van der Waals surface area (Å²) in [5.74, 6) is 0.432. The van der Waals surface area contributed by atoms with Crippen LogP contribution in [0.25, 0.3) is 10.8 Å². The maximum absolute atomic E-state index is 11.8. The number of hydrogen-bond acceptors (Lipinski definition) is 3. The minimum absolute atomic E-state index is 0.382. The normalized spacial score (nSPS) is 13.9. The van der Waals surface area contributed by atoms with E-state index in [1.165, 1.54) is 0 Å². The number of nitrogens with two attached hydrogens (primary N) is 1. The lowest BCUT2D eigenvalue weighted by Gasteiger charge is -2.27. The van der Waals surface area contributed by atoms with Crippen LogP contribution in [0.2, 0.25) is 0 Å². The summed E-state index contributed by atoms with van der Waals surface area (Å²) in [6.45, 7) is 4.43.